The molecular formula is C13H27NO3S. The fraction of sp³-hybridized carbons (Fsp3) is 1.00. The highest BCUT2D eigenvalue weighted by atomic mass is 32.2. The molecular weight excluding hydrogens is 250 g/mol. The molecule has 0 atom stereocenters. The number of ether oxygens (including phenoxy) is 1. The third-order valence-electron chi connectivity index (χ3n) is 3.67. The summed E-state index contributed by atoms with van der Waals surface area (Å²) in [6.07, 6.45) is 5.49. The van der Waals surface area contributed by atoms with Crippen LogP contribution in [0.5, 0.6) is 0 Å². The molecule has 0 heterocycles. The highest BCUT2D eigenvalue weighted by Crippen LogP contribution is 2.23. The molecule has 4 nitrogen and oxygen atoms in total. The normalized spacial score (nSPS) is 25.2. The second kappa shape index (κ2) is 8.12. The summed E-state index contributed by atoms with van der Waals surface area (Å²) < 4.78 is 28.3. The fourth-order valence-corrected chi connectivity index (χ4v) is 3.60. The highest BCUT2D eigenvalue weighted by Gasteiger charge is 2.18. The Bertz CT molecular complexity index is 308. The third-order valence-corrected chi connectivity index (χ3v) is 5.40. The van der Waals surface area contributed by atoms with Crippen molar-refractivity contribution < 1.29 is 13.2 Å². The van der Waals surface area contributed by atoms with Crippen molar-refractivity contribution in [1.29, 1.82) is 0 Å². The van der Waals surface area contributed by atoms with Gasteiger partial charge < -0.3 is 10.1 Å². The van der Waals surface area contributed by atoms with Crippen LogP contribution in [0.4, 0.5) is 0 Å². The Hall–Kier alpha value is -0.130. The van der Waals surface area contributed by atoms with Crippen molar-refractivity contribution >= 4 is 9.84 Å². The van der Waals surface area contributed by atoms with E-state index in [1.54, 1.807) is 7.11 Å². The molecule has 1 aliphatic carbocycles. The lowest BCUT2D eigenvalue weighted by Crippen LogP contribution is -2.36. The van der Waals surface area contributed by atoms with E-state index >= 15 is 0 Å². The minimum Gasteiger partial charge on any atom is -0.385 e. The van der Waals surface area contributed by atoms with Crippen LogP contribution in [0.25, 0.3) is 0 Å². The molecule has 108 valence electrons. The van der Waals surface area contributed by atoms with Crippen LogP contribution in [0.1, 0.15) is 39.0 Å². The molecule has 1 saturated carbocycles. The number of rotatable bonds is 8. The van der Waals surface area contributed by atoms with Gasteiger partial charge in [0, 0.05) is 26.3 Å². The molecule has 0 aromatic heterocycles. The first-order valence-electron chi connectivity index (χ1n) is 6.96. The molecule has 18 heavy (non-hydrogen) atoms. The van der Waals surface area contributed by atoms with Crippen molar-refractivity contribution in [2.45, 2.75) is 45.1 Å². The average molecular weight is 277 g/mol. The third kappa shape index (κ3) is 6.71. The molecule has 1 N–H and O–H groups in total. The van der Waals surface area contributed by atoms with Gasteiger partial charge >= 0.3 is 0 Å². The van der Waals surface area contributed by atoms with Crippen LogP contribution in [0.3, 0.4) is 0 Å². The van der Waals surface area contributed by atoms with E-state index in [1.807, 2.05) is 0 Å². The first-order valence-corrected chi connectivity index (χ1v) is 8.78. The number of hydrogen-bond donors (Lipinski definition) is 1. The zero-order chi connectivity index (χ0) is 13.4. The van der Waals surface area contributed by atoms with E-state index in [9.17, 15) is 8.42 Å². The predicted octanol–water partition coefficient (Wildman–Crippen LogP) is 1.61. The standard InChI is InChI=1S/C13H27NO3S/c1-12-4-6-13(7-5-12)14-8-11-18(15,16)10-3-9-17-2/h12-14H,3-11H2,1-2H3. The zero-order valence-corrected chi connectivity index (χ0v) is 12.5. The van der Waals surface area contributed by atoms with E-state index in [-0.39, 0.29) is 11.5 Å². The lowest BCUT2D eigenvalue weighted by Gasteiger charge is -2.26. The summed E-state index contributed by atoms with van der Waals surface area (Å²) in [5.41, 5.74) is 0. The van der Waals surface area contributed by atoms with Crippen LogP contribution in [-0.4, -0.2) is 46.2 Å². The Morgan fingerprint density at radius 1 is 1.17 bits per heavy atom. The second-order valence-corrected chi connectivity index (χ2v) is 7.71. The van der Waals surface area contributed by atoms with E-state index < -0.39 is 9.84 Å². The maximum atomic E-state index is 11.7. The molecule has 0 aromatic carbocycles. The fourth-order valence-electron chi connectivity index (χ4n) is 2.41. The quantitative estimate of drug-likeness (QED) is 0.685. The van der Waals surface area contributed by atoms with Gasteiger partial charge in [-0.3, -0.25) is 0 Å². The molecule has 0 aliphatic heterocycles. The Balaban J connectivity index is 2.12. The van der Waals surface area contributed by atoms with Gasteiger partial charge in [-0.15, -0.1) is 0 Å². The number of hydrogen-bond acceptors (Lipinski definition) is 4. The Kier molecular flexibility index (Phi) is 7.19. The van der Waals surface area contributed by atoms with E-state index in [0.717, 1.165) is 5.92 Å². The van der Waals surface area contributed by atoms with Crippen molar-refractivity contribution in [2.75, 3.05) is 31.8 Å². The minimum absolute atomic E-state index is 0.240. The molecule has 0 spiro atoms. The molecule has 1 fully saturated rings. The molecule has 5 heteroatoms. The first-order chi connectivity index (χ1) is 8.53. The van der Waals surface area contributed by atoms with E-state index in [4.69, 9.17) is 4.74 Å². The Morgan fingerprint density at radius 2 is 1.83 bits per heavy atom. The molecule has 0 radical (unpaired) electrons. The summed E-state index contributed by atoms with van der Waals surface area (Å²) in [7, 11) is -1.31. The number of sulfone groups is 1. The molecule has 1 aliphatic rings. The highest BCUT2D eigenvalue weighted by molar-refractivity contribution is 7.91. The Morgan fingerprint density at radius 3 is 2.44 bits per heavy atom. The van der Waals surface area contributed by atoms with Crippen molar-refractivity contribution in [3.63, 3.8) is 0 Å². The van der Waals surface area contributed by atoms with Gasteiger partial charge in [-0.05, 0) is 38.0 Å². The van der Waals surface area contributed by atoms with Gasteiger partial charge in [-0.25, -0.2) is 8.42 Å². The van der Waals surface area contributed by atoms with Crippen LogP contribution < -0.4 is 5.32 Å². The SMILES string of the molecule is COCCCS(=O)(=O)CCNC1CCC(C)CC1. The smallest absolute Gasteiger partial charge is 0.151 e. The van der Waals surface area contributed by atoms with Gasteiger partial charge in [0.15, 0.2) is 9.84 Å². The molecule has 0 saturated heterocycles. The predicted molar refractivity (Wildman–Crippen MR) is 74.6 cm³/mol. The summed E-state index contributed by atoms with van der Waals surface area (Å²) in [5.74, 6) is 1.33. The molecule has 0 aromatic rings. The summed E-state index contributed by atoms with van der Waals surface area (Å²) in [6, 6.07) is 0.523. The van der Waals surface area contributed by atoms with Gasteiger partial charge in [0.2, 0.25) is 0 Å². The van der Waals surface area contributed by atoms with E-state index in [0.29, 0.717) is 25.6 Å². The summed E-state index contributed by atoms with van der Waals surface area (Å²) in [4.78, 5) is 0. The van der Waals surface area contributed by atoms with Gasteiger partial charge in [-0.2, -0.15) is 0 Å². The minimum atomic E-state index is -2.91. The number of methoxy groups -OCH3 is 1. The first kappa shape index (κ1) is 15.9. The van der Waals surface area contributed by atoms with Gasteiger partial charge in [0.1, 0.15) is 0 Å². The van der Waals surface area contributed by atoms with Crippen LogP contribution in [0, 0.1) is 5.92 Å². The van der Waals surface area contributed by atoms with Crippen molar-refractivity contribution in [3.8, 4) is 0 Å². The van der Waals surface area contributed by atoms with Crippen molar-refractivity contribution in [2.24, 2.45) is 5.92 Å². The molecule has 0 bridgehead atoms. The largest absolute Gasteiger partial charge is 0.385 e. The lowest BCUT2D eigenvalue weighted by molar-refractivity contribution is 0.199. The number of nitrogens with one attached hydrogen (secondary N) is 1. The monoisotopic (exact) mass is 277 g/mol. The maximum Gasteiger partial charge on any atom is 0.151 e. The van der Waals surface area contributed by atoms with E-state index in [1.165, 1.54) is 25.7 Å². The topological polar surface area (TPSA) is 55.4 Å². The summed E-state index contributed by atoms with van der Waals surface area (Å²) in [5, 5.41) is 3.38. The van der Waals surface area contributed by atoms with Crippen molar-refractivity contribution in [1.82, 2.24) is 5.32 Å². The van der Waals surface area contributed by atoms with Crippen LogP contribution in [0.15, 0.2) is 0 Å². The Labute approximate surface area is 111 Å². The maximum absolute atomic E-state index is 11.7. The molecule has 1 rings (SSSR count). The molecule has 0 amide bonds. The van der Waals surface area contributed by atoms with Crippen LogP contribution in [-0.2, 0) is 14.6 Å². The summed E-state index contributed by atoms with van der Waals surface area (Å²) >= 11 is 0. The van der Waals surface area contributed by atoms with Crippen LogP contribution >= 0.6 is 0 Å². The van der Waals surface area contributed by atoms with Gasteiger partial charge in [0.25, 0.3) is 0 Å². The zero-order valence-electron chi connectivity index (χ0n) is 11.7. The van der Waals surface area contributed by atoms with Crippen LogP contribution in [0.2, 0.25) is 0 Å². The van der Waals surface area contributed by atoms with E-state index in [2.05, 4.69) is 12.2 Å². The molecule has 0 unspecified atom stereocenters. The van der Waals surface area contributed by atoms with Gasteiger partial charge in [0.05, 0.1) is 11.5 Å². The average Bonchev–Trinajstić information content (AvgIpc) is 2.32. The second-order valence-electron chi connectivity index (χ2n) is 5.41. The van der Waals surface area contributed by atoms with Crippen molar-refractivity contribution in [3.05, 3.63) is 0 Å². The summed E-state index contributed by atoms with van der Waals surface area (Å²) in [6.45, 7) is 3.40. The van der Waals surface area contributed by atoms with Gasteiger partial charge in [-0.1, -0.05) is 6.92 Å². The lowest BCUT2D eigenvalue weighted by atomic mass is 9.87.